The normalized spacial score (nSPS) is 14.5. The average Bonchev–Trinajstić information content (AvgIpc) is 3.06. The highest BCUT2D eigenvalue weighted by molar-refractivity contribution is 6.14. The zero-order chi connectivity index (χ0) is 23.4. The standard InChI is InChI=1S/C24H27N7O2/c1-16-7-8-19(29-26-10-9-25)18(15-16)23(33)30-11-4-12-31(14-13-30)24-27-20-6-3-5-17(2)21(20)22(32)28-24/h3,5-10,15,25,29H,4,11-14H2,1-2H3,(H,27,28,32)/b25-9?,26-10-. The van der Waals surface area contributed by atoms with Crippen LogP contribution in [0, 0.1) is 19.3 Å². The molecule has 0 aliphatic carbocycles. The van der Waals surface area contributed by atoms with Crippen molar-refractivity contribution in [3.05, 3.63) is 63.4 Å². The molecule has 0 radical (unpaired) electrons. The van der Waals surface area contributed by atoms with Gasteiger partial charge in [0, 0.05) is 32.4 Å². The van der Waals surface area contributed by atoms with E-state index in [9.17, 15) is 9.59 Å². The fourth-order valence-corrected chi connectivity index (χ4v) is 4.08. The first-order valence-electron chi connectivity index (χ1n) is 10.9. The minimum Gasteiger partial charge on any atom is -0.340 e. The number of H-pyrrole nitrogens is 1. The minimum absolute atomic E-state index is 0.0799. The number of hydrazone groups is 1. The summed E-state index contributed by atoms with van der Waals surface area (Å²) < 4.78 is 0. The lowest BCUT2D eigenvalue weighted by atomic mass is 10.1. The number of benzene rings is 2. The number of hydrogen-bond acceptors (Lipinski definition) is 7. The Bertz CT molecular complexity index is 1280. The molecule has 2 heterocycles. The van der Waals surface area contributed by atoms with E-state index in [2.05, 4.69) is 20.5 Å². The van der Waals surface area contributed by atoms with Gasteiger partial charge >= 0.3 is 0 Å². The molecule has 0 atom stereocenters. The van der Waals surface area contributed by atoms with E-state index < -0.39 is 0 Å². The molecule has 9 heteroatoms. The maximum Gasteiger partial charge on any atom is 0.260 e. The van der Waals surface area contributed by atoms with Gasteiger partial charge in [-0.15, -0.1) is 0 Å². The van der Waals surface area contributed by atoms with E-state index in [1.807, 2.05) is 60.0 Å². The van der Waals surface area contributed by atoms with Gasteiger partial charge in [-0.3, -0.25) is 20.0 Å². The Hall–Kier alpha value is -4.01. The van der Waals surface area contributed by atoms with Crippen molar-refractivity contribution in [3.63, 3.8) is 0 Å². The van der Waals surface area contributed by atoms with Gasteiger partial charge in [0.05, 0.1) is 28.4 Å². The lowest BCUT2D eigenvalue weighted by Crippen LogP contribution is -2.36. The summed E-state index contributed by atoms with van der Waals surface area (Å²) >= 11 is 0. The Morgan fingerprint density at radius 3 is 2.85 bits per heavy atom. The van der Waals surface area contributed by atoms with Gasteiger partial charge in [0.1, 0.15) is 0 Å². The summed E-state index contributed by atoms with van der Waals surface area (Å²) in [5.74, 6) is 0.454. The molecule has 9 nitrogen and oxygen atoms in total. The topological polar surface area (TPSA) is 118 Å². The largest absolute Gasteiger partial charge is 0.340 e. The van der Waals surface area contributed by atoms with Crippen LogP contribution in [0.25, 0.3) is 10.9 Å². The highest BCUT2D eigenvalue weighted by Gasteiger charge is 2.24. The highest BCUT2D eigenvalue weighted by Crippen LogP contribution is 2.22. The molecule has 33 heavy (non-hydrogen) atoms. The Kier molecular flexibility index (Phi) is 6.48. The van der Waals surface area contributed by atoms with Crippen molar-refractivity contribution in [3.8, 4) is 0 Å². The first-order valence-corrected chi connectivity index (χ1v) is 10.9. The number of rotatable bonds is 5. The molecule has 1 fully saturated rings. The second-order valence-electron chi connectivity index (χ2n) is 8.10. The van der Waals surface area contributed by atoms with Gasteiger partial charge in [-0.2, -0.15) is 5.10 Å². The van der Waals surface area contributed by atoms with Crippen molar-refractivity contribution in [2.24, 2.45) is 5.10 Å². The number of aryl methyl sites for hydroxylation is 2. The Labute approximate surface area is 191 Å². The predicted octanol–water partition coefficient (Wildman–Crippen LogP) is 2.94. The third kappa shape index (κ3) is 4.77. The van der Waals surface area contributed by atoms with Gasteiger partial charge < -0.3 is 15.2 Å². The smallest absolute Gasteiger partial charge is 0.260 e. The van der Waals surface area contributed by atoms with E-state index in [4.69, 9.17) is 5.41 Å². The number of nitrogens with zero attached hydrogens (tertiary/aromatic N) is 4. The molecule has 0 spiro atoms. The van der Waals surface area contributed by atoms with Gasteiger partial charge in [-0.25, -0.2) is 4.98 Å². The van der Waals surface area contributed by atoms with Crippen LogP contribution in [0.15, 0.2) is 46.3 Å². The molecule has 1 aliphatic rings. The van der Waals surface area contributed by atoms with Crippen molar-refractivity contribution >= 4 is 40.9 Å². The molecule has 1 aromatic heterocycles. The predicted molar refractivity (Wildman–Crippen MR) is 132 cm³/mol. The van der Waals surface area contributed by atoms with E-state index in [1.54, 1.807) is 0 Å². The molecular formula is C24H27N7O2. The third-order valence-corrected chi connectivity index (χ3v) is 5.75. The quantitative estimate of drug-likeness (QED) is 0.412. The summed E-state index contributed by atoms with van der Waals surface area (Å²) in [6.07, 6.45) is 3.14. The summed E-state index contributed by atoms with van der Waals surface area (Å²) in [7, 11) is 0. The molecule has 0 unspecified atom stereocenters. The Balaban J connectivity index is 1.54. The SMILES string of the molecule is Cc1ccc(N/N=C\C=N)c(C(=O)N2CCCN(c3nc4cccc(C)c4c(=O)[nH]3)CC2)c1. The van der Waals surface area contributed by atoms with Crippen LogP contribution in [0.1, 0.15) is 27.9 Å². The van der Waals surface area contributed by atoms with Gasteiger partial charge in [-0.1, -0.05) is 23.8 Å². The molecule has 1 saturated heterocycles. The number of hydrogen-bond donors (Lipinski definition) is 3. The lowest BCUT2D eigenvalue weighted by molar-refractivity contribution is 0.0768. The zero-order valence-electron chi connectivity index (χ0n) is 18.8. The number of amides is 1. The lowest BCUT2D eigenvalue weighted by Gasteiger charge is -2.23. The fourth-order valence-electron chi connectivity index (χ4n) is 4.08. The molecule has 1 aliphatic heterocycles. The molecule has 2 aromatic carbocycles. The zero-order valence-corrected chi connectivity index (χ0v) is 18.8. The summed E-state index contributed by atoms with van der Waals surface area (Å²) in [5.41, 5.74) is 6.39. The van der Waals surface area contributed by atoms with Crippen LogP contribution < -0.4 is 15.9 Å². The van der Waals surface area contributed by atoms with E-state index in [0.29, 0.717) is 54.3 Å². The number of aromatic amines is 1. The van der Waals surface area contributed by atoms with Crippen LogP contribution in [0.5, 0.6) is 0 Å². The van der Waals surface area contributed by atoms with E-state index >= 15 is 0 Å². The van der Waals surface area contributed by atoms with Crippen LogP contribution in [0.4, 0.5) is 11.6 Å². The molecule has 3 aromatic rings. The second-order valence-corrected chi connectivity index (χ2v) is 8.10. The van der Waals surface area contributed by atoms with Gasteiger partial charge in [0.15, 0.2) is 0 Å². The van der Waals surface area contributed by atoms with Gasteiger partial charge in [0.2, 0.25) is 5.95 Å². The third-order valence-electron chi connectivity index (χ3n) is 5.75. The van der Waals surface area contributed by atoms with Crippen LogP contribution in [-0.4, -0.2) is 59.4 Å². The fraction of sp³-hybridized carbons (Fsp3) is 0.292. The summed E-state index contributed by atoms with van der Waals surface area (Å²) in [5, 5.41) is 11.6. The maximum atomic E-state index is 13.4. The number of aromatic nitrogens is 2. The van der Waals surface area contributed by atoms with Crippen LogP contribution >= 0.6 is 0 Å². The number of carbonyl (C=O) groups is 1. The van der Waals surface area contributed by atoms with E-state index in [1.165, 1.54) is 6.21 Å². The van der Waals surface area contributed by atoms with Gasteiger partial charge in [0.25, 0.3) is 11.5 Å². The first-order chi connectivity index (χ1) is 16.0. The molecule has 3 N–H and O–H groups in total. The van der Waals surface area contributed by atoms with Crippen molar-refractivity contribution in [2.75, 3.05) is 36.5 Å². The number of carbonyl (C=O) groups excluding carboxylic acids is 1. The average molecular weight is 446 g/mol. The van der Waals surface area contributed by atoms with E-state index in [-0.39, 0.29) is 11.5 Å². The highest BCUT2D eigenvalue weighted by atomic mass is 16.2. The summed E-state index contributed by atoms with van der Waals surface area (Å²) in [4.78, 5) is 37.5. The van der Waals surface area contributed by atoms with Crippen LogP contribution in [0.3, 0.4) is 0 Å². The molecule has 1 amide bonds. The Morgan fingerprint density at radius 2 is 2.03 bits per heavy atom. The van der Waals surface area contributed by atoms with Crippen molar-refractivity contribution in [2.45, 2.75) is 20.3 Å². The number of fused-ring (bicyclic) bond motifs is 1. The molecule has 0 saturated carbocycles. The summed E-state index contributed by atoms with van der Waals surface area (Å²) in [6.45, 7) is 6.20. The molecular weight excluding hydrogens is 418 g/mol. The molecule has 4 rings (SSSR count). The second kappa shape index (κ2) is 9.64. The maximum absolute atomic E-state index is 13.4. The van der Waals surface area contributed by atoms with Crippen LogP contribution in [0.2, 0.25) is 0 Å². The van der Waals surface area contributed by atoms with Crippen molar-refractivity contribution in [1.29, 1.82) is 5.41 Å². The number of nitrogens with one attached hydrogen (secondary N) is 3. The first kappa shape index (κ1) is 22.2. The van der Waals surface area contributed by atoms with Crippen molar-refractivity contribution < 1.29 is 4.79 Å². The van der Waals surface area contributed by atoms with Crippen LogP contribution in [-0.2, 0) is 0 Å². The molecule has 170 valence electrons. The van der Waals surface area contributed by atoms with Crippen molar-refractivity contribution in [1.82, 2.24) is 14.9 Å². The van der Waals surface area contributed by atoms with E-state index in [0.717, 1.165) is 23.8 Å². The minimum atomic E-state index is -0.147. The summed E-state index contributed by atoms with van der Waals surface area (Å²) in [6, 6.07) is 11.2. The molecule has 0 bridgehead atoms. The van der Waals surface area contributed by atoms with Gasteiger partial charge in [-0.05, 0) is 44.0 Å². The number of anilines is 2. The Morgan fingerprint density at radius 1 is 1.18 bits per heavy atom. The monoisotopic (exact) mass is 445 g/mol.